The number of Topliss-reactive ketones (excluding diaryl/α,β-unsaturated/α-hetero) is 1. The van der Waals surface area contributed by atoms with Crippen LogP contribution >= 0.6 is 0 Å². The molecule has 0 saturated carbocycles. The summed E-state index contributed by atoms with van der Waals surface area (Å²) < 4.78 is 16.5. The molecule has 0 unspecified atom stereocenters. The van der Waals surface area contributed by atoms with Crippen molar-refractivity contribution >= 4 is 5.78 Å². The molecule has 0 bridgehead atoms. The molecular formula is C15H19NO4. The molecule has 0 aliphatic carbocycles. The van der Waals surface area contributed by atoms with E-state index < -0.39 is 0 Å². The Bertz CT molecular complexity index is 483. The van der Waals surface area contributed by atoms with Crippen LogP contribution in [-0.2, 0) is 4.74 Å². The number of nitrogens with zero attached hydrogens (tertiary/aromatic N) is 1. The lowest BCUT2D eigenvalue weighted by Crippen LogP contribution is -2.38. The molecule has 2 aliphatic rings. The SMILES string of the molecule is O=C1CCOc2cc(OCCN3CCOCC3)ccc21. The van der Waals surface area contributed by atoms with E-state index in [1.165, 1.54) is 0 Å². The van der Waals surface area contributed by atoms with Gasteiger partial charge in [-0.1, -0.05) is 0 Å². The fraction of sp³-hybridized carbons (Fsp3) is 0.533. The zero-order valence-corrected chi connectivity index (χ0v) is 11.5. The highest BCUT2D eigenvalue weighted by molar-refractivity contribution is 5.99. The number of morpholine rings is 1. The summed E-state index contributed by atoms with van der Waals surface area (Å²) in [6.45, 7) is 5.51. The fourth-order valence-electron chi connectivity index (χ4n) is 2.45. The van der Waals surface area contributed by atoms with E-state index in [9.17, 15) is 4.79 Å². The van der Waals surface area contributed by atoms with Gasteiger partial charge in [-0.05, 0) is 12.1 Å². The van der Waals surface area contributed by atoms with Gasteiger partial charge in [0.2, 0.25) is 0 Å². The lowest BCUT2D eigenvalue weighted by atomic mass is 10.1. The van der Waals surface area contributed by atoms with Crippen LogP contribution in [0.2, 0.25) is 0 Å². The topological polar surface area (TPSA) is 48.0 Å². The van der Waals surface area contributed by atoms with Gasteiger partial charge < -0.3 is 14.2 Å². The van der Waals surface area contributed by atoms with Gasteiger partial charge in [-0.15, -0.1) is 0 Å². The number of hydrogen-bond acceptors (Lipinski definition) is 5. The van der Waals surface area contributed by atoms with Crippen LogP contribution in [0.4, 0.5) is 0 Å². The van der Waals surface area contributed by atoms with Crippen molar-refractivity contribution in [3.05, 3.63) is 23.8 Å². The number of fused-ring (bicyclic) bond motifs is 1. The average Bonchev–Trinajstić information content (AvgIpc) is 2.48. The predicted molar refractivity (Wildman–Crippen MR) is 73.6 cm³/mol. The maximum atomic E-state index is 11.7. The largest absolute Gasteiger partial charge is 0.492 e. The van der Waals surface area contributed by atoms with Crippen LogP contribution in [0.5, 0.6) is 11.5 Å². The fourth-order valence-corrected chi connectivity index (χ4v) is 2.45. The molecule has 2 aliphatic heterocycles. The van der Waals surface area contributed by atoms with Crippen molar-refractivity contribution in [1.82, 2.24) is 4.90 Å². The van der Waals surface area contributed by atoms with Crippen molar-refractivity contribution < 1.29 is 19.0 Å². The molecule has 3 rings (SSSR count). The zero-order chi connectivity index (χ0) is 13.8. The van der Waals surface area contributed by atoms with Gasteiger partial charge in [0.15, 0.2) is 5.78 Å². The van der Waals surface area contributed by atoms with Crippen molar-refractivity contribution in [1.29, 1.82) is 0 Å². The van der Waals surface area contributed by atoms with Crippen LogP contribution in [0.25, 0.3) is 0 Å². The molecule has 0 spiro atoms. The van der Waals surface area contributed by atoms with Gasteiger partial charge in [0.05, 0.1) is 25.4 Å². The van der Waals surface area contributed by atoms with Crippen molar-refractivity contribution in [3.63, 3.8) is 0 Å². The van der Waals surface area contributed by atoms with E-state index in [-0.39, 0.29) is 5.78 Å². The lowest BCUT2D eigenvalue weighted by Gasteiger charge is -2.26. The molecule has 20 heavy (non-hydrogen) atoms. The Labute approximate surface area is 118 Å². The van der Waals surface area contributed by atoms with Crippen LogP contribution < -0.4 is 9.47 Å². The van der Waals surface area contributed by atoms with Crippen molar-refractivity contribution in [3.8, 4) is 11.5 Å². The molecule has 0 amide bonds. The van der Waals surface area contributed by atoms with E-state index in [0.29, 0.717) is 30.9 Å². The summed E-state index contributed by atoms with van der Waals surface area (Å²) in [6.07, 6.45) is 0.463. The maximum absolute atomic E-state index is 11.7. The van der Waals surface area contributed by atoms with Gasteiger partial charge in [-0.25, -0.2) is 0 Å². The summed E-state index contributed by atoms with van der Waals surface area (Å²) in [6, 6.07) is 5.44. The Balaban J connectivity index is 1.54. The molecule has 1 saturated heterocycles. The van der Waals surface area contributed by atoms with Gasteiger partial charge in [-0.3, -0.25) is 9.69 Å². The third-order valence-electron chi connectivity index (χ3n) is 3.62. The molecule has 1 fully saturated rings. The second-order valence-electron chi connectivity index (χ2n) is 4.98. The van der Waals surface area contributed by atoms with E-state index in [0.717, 1.165) is 38.6 Å². The van der Waals surface area contributed by atoms with E-state index in [2.05, 4.69) is 4.90 Å². The van der Waals surface area contributed by atoms with E-state index in [1.54, 1.807) is 6.07 Å². The van der Waals surface area contributed by atoms with Gasteiger partial charge >= 0.3 is 0 Å². The number of benzene rings is 1. The van der Waals surface area contributed by atoms with E-state index in [4.69, 9.17) is 14.2 Å². The molecule has 108 valence electrons. The van der Waals surface area contributed by atoms with Gasteiger partial charge in [0, 0.05) is 32.1 Å². The minimum Gasteiger partial charge on any atom is -0.492 e. The second kappa shape index (κ2) is 6.24. The first-order valence-electron chi connectivity index (χ1n) is 7.06. The molecule has 1 aromatic carbocycles. The minimum atomic E-state index is 0.145. The van der Waals surface area contributed by atoms with Crippen LogP contribution in [0.15, 0.2) is 18.2 Å². The second-order valence-corrected chi connectivity index (χ2v) is 4.98. The molecule has 0 aromatic heterocycles. The standard InChI is InChI=1S/C15H19NO4/c17-14-3-7-20-15-11-12(1-2-13(14)15)19-10-6-16-4-8-18-9-5-16/h1-2,11H,3-10H2. The molecular weight excluding hydrogens is 258 g/mol. The third-order valence-corrected chi connectivity index (χ3v) is 3.62. The molecule has 5 heteroatoms. The van der Waals surface area contributed by atoms with Gasteiger partial charge in [-0.2, -0.15) is 0 Å². The van der Waals surface area contributed by atoms with Crippen molar-refractivity contribution in [2.75, 3.05) is 46.1 Å². The normalized spacial score (nSPS) is 19.3. The summed E-state index contributed by atoms with van der Waals surface area (Å²) in [4.78, 5) is 14.0. The first-order valence-corrected chi connectivity index (χ1v) is 7.06. The smallest absolute Gasteiger partial charge is 0.169 e. The average molecular weight is 277 g/mol. The highest BCUT2D eigenvalue weighted by atomic mass is 16.5. The lowest BCUT2D eigenvalue weighted by molar-refractivity contribution is 0.0322. The summed E-state index contributed by atoms with van der Waals surface area (Å²) in [7, 11) is 0. The minimum absolute atomic E-state index is 0.145. The Kier molecular flexibility index (Phi) is 4.18. The number of rotatable bonds is 4. The van der Waals surface area contributed by atoms with Gasteiger partial charge in [0.25, 0.3) is 0 Å². The predicted octanol–water partition coefficient (Wildman–Crippen LogP) is 1.36. The van der Waals surface area contributed by atoms with Crippen molar-refractivity contribution in [2.45, 2.75) is 6.42 Å². The first-order chi connectivity index (χ1) is 9.83. The number of hydrogen-bond donors (Lipinski definition) is 0. The highest BCUT2D eigenvalue weighted by Crippen LogP contribution is 2.28. The molecule has 1 aromatic rings. The Hall–Kier alpha value is -1.59. The molecule has 2 heterocycles. The Morgan fingerprint density at radius 2 is 2.05 bits per heavy atom. The third kappa shape index (κ3) is 3.11. The number of carbonyl (C=O) groups is 1. The maximum Gasteiger partial charge on any atom is 0.169 e. The van der Waals surface area contributed by atoms with Crippen LogP contribution in [-0.4, -0.2) is 56.7 Å². The molecule has 0 radical (unpaired) electrons. The van der Waals surface area contributed by atoms with Crippen LogP contribution in [0.1, 0.15) is 16.8 Å². The number of ether oxygens (including phenoxy) is 3. The summed E-state index contributed by atoms with van der Waals surface area (Å²) in [5.41, 5.74) is 0.664. The summed E-state index contributed by atoms with van der Waals surface area (Å²) in [5, 5.41) is 0. The molecule has 5 nitrogen and oxygen atoms in total. The van der Waals surface area contributed by atoms with Crippen LogP contribution in [0.3, 0.4) is 0 Å². The van der Waals surface area contributed by atoms with Crippen molar-refractivity contribution in [2.24, 2.45) is 0 Å². The van der Waals surface area contributed by atoms with Gasteiger partial charge in [0.1, 0.15) is 18.1 Å². The Morgan fingerprint density at radius 3 is 2.90 bits per heavy atom. The summed E-state index contributed by atoms with van der Waals surface area (Å²) in [5.74, 6) is 1.54. The number of carbonyl (C=O) groups excluding carboxylic acids is 1. The number of ketones is 1. The highest BCUT2D eigenvalue weighted by Gasteiger charge is 2.18. The first kappa shape index (κ1) is 13.4. The summed E-state index contributed by atoms with van der Waals surface area (Å²) >= 11 is 0. The quantitative estimate of drug-likeness (QED) is 0.831. The zero-order valence-electron chi connectivity index (χ0n) is 11.5. The Morgan fingerprint density at radius 1 is 1.20 bits per heavy atom. The molecule has 0 N–H and O–H groups in total. The van der Waals surface area contributed by atoms with Crippen LogP contribution in [0, 0.1) is 0 Å². The van der Waals surface area contributed by atoms with E-state index in [1.807, 2.05) is 12.1 Å². The molecule has 0 atom stereocenters. The monoisotopic (exact) mass is 277 g/mol. The van der Waals surface area contributed by atoms with E-state index >= 15 is 0 Å².